The van der Waals surface area contributed by atoms with Gasteiger partial charge in [0.1, 0.15) is 11.5 Å². The molecule has 5 nitrogen and oxygen atoms in total. The maximum Gasteiger partial charge on any atom is 0.319 e. The normalized spacial score (nSPS) is 10.7. The first-order valence-corrected chi connectivity index (χ1v) is 5.56. The molecule has 0 aromatic carbocycles. The van der Waals surface area contributed by atoms with Crippen molar-refractivity contribution >= 4 is 5.91 Å². The monoisotopic (exact) mass is 266 g/mol. The molecule has 0 fully saturated rings. The topological polar surface area (TPSA) is 51.0 Å². The largest absolute Gasteiger partial charge is 0.333 e. The number of carbonyl (C=O) groups excluding carboxylic acids is 1. The summed E-state index contributed by atoms with van der Waals surface area (Å²) in [5.41, 5.74) is 0.264. The van der Waals surface area contributed by atoms with E-state index in [1.165, 1.54) is 30.5 Å². The minimum Gasteiger partial charge on any atom is -0.333 e. The van der Waals surface area contributed by atoms with Gasteiger partial charge in [0.05, 0.1) is 6.54 Å². The maximum atomic E-state index is 12.6. The van der Waals surface area contributed by atoms with Gasteiger partial charge in [-0.25, -0.2) is 4.98 Å². The lowest BCUT2D eigenvalue weighted by Gasteiger charge is -2.17. The molecule has 0 aliphatic heterocycles. The molecule has 19 heavy (non-hydrogen) atoms. The molecular weight excluding hydrogens is 254 g/mol. The van der Waals surface area contributed by atoms with Gasteiger partial charge in [-0.3, -0.25) is 14.3 Å². The van der Waals surface area contributed by atoms with Gasteiger partial charge in [-0.2, -0.15) is 8.78 Å². The zero-order valence-corrected chi connectivity index (χ0v) is 10.2. The number of carbonyl (C=O) groups is 1. The zero-order chi connectivity index (χ0) is 13.8. The molecule has 100 valence electrons. The van der Waals surface area contributed by atoms with Gasteiger partial charge in [0, 0.05) is 25.6 Å². The van der Waals surface area contributed by atoms with Gasteiger partial charge in [-0.05, 0) is 12.1 Å². The Hall–Kier alpha value is -2.31. The van der Waals surface area contributed by atoms with E-state index in [4.69, 9.17) is 0 Å². The summed E-state index contributed by atoms with van der Waals surface area (Å²) in [4.78, 5) is 21.0. The first-order chi connectivity index (χ1) is 9.09. The SMILES string of the molecule is CN(Cc1nccn1C(F)F)C(=O)c1ccccn1. The number of pyridine rings is 1. The maximum absolute atomic E-state index is 12.6. The van der Waals surface area contributed by atoms with Crippen LogP contribution in [0.5, 0.6) is 0 Å². The lowest BCUT2D eigenvalue weighted by atomic mass is 10.3. The van der Waals surface area contributed by atoms with Crippen molar-refractivity contribution in [3.63, 3.8) is 0 Å². The Balaban J connectivity index is 2.11. The summed E-state index contributed by atoms with van der Waals surface area (Å²) < 4.78 is 26.0. The van der Waals surface area contributed by atoms with Crippen LogP contribution >= 0.6 is 0 Å². The van der Waals surface area contributed by atoms with Gasteiger partial charge < -0.3 is 4.90 Å². The van der Waals surface area contributed by atoms with Gasteiger partial charge in [-0.1, -0.05) is 6.07 Å². The van der Waals surface area contributed by atoms with Crippen LogP contribution in [0.3, 0.4) is 0 Å². The van der Waals surface area contributed by atoms with Gasteiger partial charge in [0.15, 0.2) is 0 Å². The van der Waals surface area contributed by atoms with E-state index in [2.05, 4.69) is 9.97 Å². The van der Waals surface area contributed by atoms with Crippen LogP contribution < -0.4 is 0 Å². The molecule has 7 heteroatoms. The summed E-state index contributed by atoms with van der Waals surface area (Å²) in [6.45, 7) is -2.68. The fraction of sp³-hybridized carbons (Fsp3) is 0.250. The van der Waals surface area contributed by atoms with Crippen molar-refractivity contribution < 1.29 is 13.6 Å². The molecule has 0 aliphatic carbocycles. The molecular formula is C12H12F2N4O. The van der Waals surface area contributed by atoms with Crippen LogP contribution in [0.25, 0.3) is 0 Å². The fourth-order valence-corrected chi connectivity index (χ4v) is 1.61. The summed E-state index contributed by atoms with van der Waals surface area (Å²) in [5, 5.41) is 0. The zero-order valence-electron chi connectivity index (χ0n) is 10.2. The van der Waals surface area contributed by atoms with Crippen molar-refractivity contribution in [3.05, 3.63) is 48.3 Å². The Morgan fingerprint density at radius 1 is 1.37 bits per heavy atom. The third kappa shape index (κ3) is 2.93. The molecule has 2 rings (SSSR count). The van der Waals surface area contributed by atoms with Crippen molar-refractivity contribution in [1.82, 2.24) is 19.4 Å². The van der Waals surface area contributed by atoms with Crippen LogP contribution in [-0.4, -0.2) is 32.4 Å². The fourth-order valence-electron chi connectivity index (χ4n) is 1.61. The average molecular weight is 266 g/mol. The van der Waals surface area contributed by atoms with Crippen LogP contribution in [0.1, 0.15) is 22.9 Å². The highest BCUT2D eigenvalue weighted by molar-refractivity contribution is 5.91. The molecule has 0 saturated carbocycles. The standard InChI is InChI=1S/C12H12F2N4O/c1-17(11(19)9-4-2-3-5-15-9)8-10-16-6-7-18(10)12(13)14/h2-7,12H,8H2,1H3. The Morgan fingerprint density at radius 2 is 2.16 bits per heavy atom. The van der Waals surface area contributed by atoms with Gasteiger partial charge in [0.25, 0.3) is 5.91 Å². The number of amides is 1. The smallest absolute Gasteiger partial charge is 0.319 e. The number of alkyl halides is 2. The molecule has 2 heterocycles. The van der Waals surface area contributed by atoms with Crippen LogP contribution in [0.15, 0.2) is 36.8 Å². The first-order valence-electron chi connectivity index (χ1n) is 5.56. The van der Waals surface area contributed by atoms with E-state index in [1.807, 2.05) is 0 Å². The van der Waals surface area contributed by atoms with E-state index in [-0.39, 0.29) is 24.0 Å². The number of halogens is 2. The Kier molecular flexibility index (Phi) is 3.84. The highest BCUT2D eigenvalue weighted by Gasteiger charge is 2.17. The lowest BCUT2D eigenvalue weighted by Crippen LogP contribution is -2.28. The first kappa shape index (κ1) is 13.1. The molecule has 2 aromatic heterocycles. The summed E-state index contributed by atoms with van der Waals surface area (Å²) in [7, 11) is 1.52. The molecule has 0 spiro atoms. The van der Waals surface area contributed by atoms with Crippen molar-refractivity contribution in [1.29, 1.82) is 0 Å². The minimum absolute atomic E-state index is 0.00719. The number of hydrogen-bond donors (Lipinski definition) is 0. The van der Waals surface area contributed by atoms with E-state index >= 15 is 0 Å². The van der Waals surface area contributed by atoms with E-state index in [0.717, 1.165) is 4.57 Å². The van der Waals surface area contributed by atoms with Gasteiger partial charge >= 0.3 is 6.55 Å². The quantitative estimate of drug-likeness (QED) is 0.849. The second kappa shape index (κ2) is 5.55. The van der Waals surface area contributed by atoms with Gasteiger partial charge in [-0.15, -0.1) is 0 Å². The Morgan fingerprint density at radius 3 is 2.79 bits per heavy atom. The van der Waals surface area contributed by atoms with Crippen molar-refractivity contribution in [2.24, 2.45) is 0 Å². The predicted molar refractivity (Wildman–Crippen MR) is 63.5 cm³/mol. The lowest BCUT2D eigenvalue weighted by molar-refractivity contribution is 0.0611. The number of nitrogens with zero attached hydrogens (tertiary/aromatic N) is 4. The van der Waals surface area contributed by atoms with E-state index in [1.54, 1.807) is 18.2 Å². The van der Waals surface area contributed by atoms with E-state index < -0.39 is 6.55 Å². The second-order valence-electron chi connectivity index (χ2n) is 3.90. The number of imidazole rings is 1. The third-order valence-electron chi connectivity index (χ3n) is 2.57. The third-order valence-corrected chi connectivity index (χ3v) is 2.57. The molecule has 0 saturated heterocycles. The summed E-state index contributed by atoms with van der Waals surface area (Å²) in [5.74, 6) is -0.216. The highest BCUT2D eigenvalue weighted by atomic mass is 19.3. The summed E-state index contributed by atoms with van der Waals surface area (Å²) >= 11 is 0. The molecule has 2 aromatic rings. The van der Waals surface area contributed by atoms with Crippen LogP contribution in [-0.2, 0) is 6.54 Å². The molecule has 0 atom stereocenters. The number of rotatable bonds is 4. The summed E-state index contributed by atoms with van der Waals surface area (Å²) in [6.07, 6.45) is 3.96. The molecule has 0 radical (unpaired) electrons. The van der Waals surface area contributed by atoms with Crippen molar-refractivity contribution in [2.75, 3.05) is 7.05 Å². The molecule has 0 bridgehead atoms. The number of aromatic nitrogens is 3. The highest BCUT2D eigenvalue weighted by Crippen LogP contribution is 2.14. The Labute approximate surface area is 108 Å². The predicted octanol–water partition coefficient (Wildman–Crippen LogP) is 1.95. The molecule has 0 unspecified atom stereocenters. The van der Waals surface area contributed by atoms with E-state index in [0.29, 0.717) is 0 Å². The molecule has 0 N–H and O–H groups in total. The van der Waals surface area contributed by atoms with Gasteiger partial charge in [0.2, 0.25) is 0 Å². The Bertz CT molecular complexity index is 556. The van der Waals surface area contributed by atoms with Crippen molar-refractivity contribution in [2.45, 2.75) is 13.1 Å². The number of hydrogen-bond acceptors (Lipinski definition) is 3. The average Bonchev–Trinajstić information content (AvgIpc) is 2.87. The van der Waals surface area contributed by atoms with Crippen LogP contribution in [0.4, 0.5) is 8.78 Å². The van der Waals surface area contributed by atoms with Crippen LogP contribution in [0, 0.1) is 0 Å². The minimum atomic E-state index is -2.67. The summed E-state index contributed by atoms with van der Waals surface area (Å²) in [6, 6.07) is 4.95. The van der Waals surface area contributed by atoms with E-state index in [9.17, 15) is 13.6 Å². The molecule has 1 amide bonds. The van der Waals surface area contributed by atoms with Crippen LogP contribution in [0.2, 0.25) is 0 Å². The second-order valence-corrected chi connectivity index (χ2v) is 3.90. The van der Waals surface area contributed by atoms with Crippen molar-refractivity contribution in [3.8, 4) is 0 Å². The molecule has 0 aliphatic rings.